The van der Waals surface area contributed by atoms with E-state index in [4.69, 9.17) is 0 Å². The quantitative estimate of drug-likeness (QED) is 0.480. The van der Waals surface area contributed by atoms with E-state index in [9.17, 15) is 17.6 Å². The molecule has 0 spiro atoms. The lowest BCUT2D eigenvalue weighted by Crippen LogP contribution is -2.28. The van der Waals surface area contributed by atoms with Crippen molar-refractivity contribution in [2.45, 2.75) is 24.4 Å². The Bertz CT molecular complexity index is 1380. The van der Waals surface area contributed by atoms with Crippen LogP contribution in [0.4, 0.5) is 4.39 Å². The fraction of sp³-hybridized carbons (Fsp3) is 0.174. The molecule has 0 aliphatic rings. The minimum absolute atomic E-state index is 0.0152. The van der Waals surface area contributed by atoms with Crippen LogP contribution in [0, 0.1) is 5.82 Å². The van der Waals surface area contributed by atoms with Crippen LogP contribution in [-0.2, 0) is 9.84 Å². The van der Waals surface area contributed by atoms with Crippen molar-refractivity contribution in [3.63, 3.8) is 0 Å². The molecule has 1 N–H and O–H groups in total. The van der Waals surface area contributed by atoms with Crippen molar-refractivity contribution in [2.75, 3.05) is 6.26 Å². The lowest BCUT2D eigenvalue weighted by atomic mass is 10.1. The number of fused-ring (bicyclic) bond motifs is 1. The number of carbonyl (C=O) groups excluding carboxylic acids is 1. The summed E-state index contributed by atoms with van der Waals surface area (Å²) >= 11 is 0. The number of pyridine rings is 2. The second-order valence-corrected chi connectivity index (χ2v) is 9.38. The minimum atomic E-state index is -3.40. The predicted molar refractivity (Wildman–Crippen MR) is 119 cm³/mol. The van der Waals surface area contributed by atoms with Gasteiger partial charge in [-0.2, -0.15) is 0 Å². The van der Waals surface area contributed by atoms with Gasteiger partial charge in [0.05, 0.1) is 23.3 Å². The Morgan fingerprint density at radius 2 is 1.84 bits per heavy atom. The number of hydrogen-bond donors (Lipinski definition) is 1. The molecule has 9 heteroatoms. The van der Waals surface area contributed by atoms with Crippen molar-refractivity contribution < 1.29 is 17.6 Å². The van der Waals surface area contributed by atoms with E-state index < -0.39 is 9.84 Å². The van der Waals surface area contributed by atoms with Crippen LogP contribution < -0.4 is 5.32 Å². The lowest BCUT2D eigenvalue weighted by molar-refractivity contribution is 0.0937. The van der Waals surface area contributed by atoms with Gasteiger partial charge in [0, 0.05) is 35.9 Å². The van der Waals surface area contributed by atoms with Gasteiger partial charge >= 0.3 is 0 Å². The van der Waals surface area contributed by atoms with Crippen LogP contribution >= 0.6 is 0 Å². The molecule has 1 aromatic carbocycles. The van der Waals surface area contributed by atoms with E-state index in [2.05, 4.69) is 15.3 Å². The number of benzene rings is 1. The summed E-state index contributed by atoms with van der Waals surface area (Å²) in [7, 11) is -3.40. The second-order valence-electron chi connectivity index (χ2n) is 7.42. The summed E-state index contributed by atoms with van der Waals surface area (Å²) in [6, 6.07) is 10.6. The number of aromatic nitrogens is 3. The first-order chi connectivity index (χ1) is 15.3. The van der Waals surface area contributed by atoms with Crippen molar-refractivity contribution in [1.29, 1.82) is 0 Å². The first-order valence-corrected chi connectivity index (χ1v) is 11.8. The zero-order valence-electron chi connectivity index (χ0n) is 17.5. The van der Waals surface area contributed by atoms with Gasteiger partial charge in [0.25, 0.3) is 5.91 Å². The van der Waals surface area contributed by atoms with Crippen molar-refractivity contribution in [1.82, 2.24) is 19.9 Å². The average Bonchev–Trinajstić information content (AvgIpc) is 3.21. The number of amides is 1. The molecule has 32 heavy (non-hydrogen) atoms. The standard InChI is InChI=1S/C23H21FN4O3S/c1-3-20(15-4-9-22(26-12-15)32(2,30)31)27-23(29)19-13-25-14-21-18(19)10-11-28(21)17-7-5-16(24)6-8-17/h4-14,20H,3H2,1-2H3,(H,27,29)/t20-/m0/s1. The van der Waals surface area contributed by atoms with Gasteiger partial charge in [0.1, 0.15) is 5.82 Å². The summed E-state index contributed by atoms with van der Waals surface area (Å²) < 4.78 is 38.4. The molecule has 164 valence electrons. The zero-order valence-corrected chi connectivity index (χ0v) is 18.3. The molecule has 0 unspecified atom stereocenters. The molecule has 3 heterocycles. The first-order valence-electron chi connectivity index (χ1n) is 9.96. The third kappa shape index (κ3) is 4.24. The number of rotatable bonds is 6. The van der Waals surface area contributed by atoms with Crippen LogP contribution in [-0.4, -0.2) is 35.1 Å². The number of nitrogens with one attached hydrogen (secondary N) is 1. The smallest absolute Gasteiger partial charge is 0.254 e. The molecule has 0 bridgehead atoms. The normalized spacial score (nSPS) is 12.6. The Labute approximate surface area is 184 Å². The van der Waals surface area contributed by atoms with Gasteiger partial charge in [-0.05, 0) is 48.4 Å². The van der Waals surface area contributed by atoms with Crippen LogP contribution in [0.5, 0.6) is 0 Å². The van der Waals surface area contributed by atoms with Crippen LogP contribution in [0.1, 0.15) is 35.3 Å². The van der Waals surface area contributed by atoms with E-state index in [0.717, 1.165) is 17.5 Å². The molecule has 0 saturated heterocycles. The fourth-order valence-electron chi connectivity index (χ4n) is 3.54. The van der Waals surface area contributed by atoms with E-state index in [-0.39, 0.29) is 22.8 Å². The second kappa shape index (κ2) is 8.51. The molecule has 0 saturated carbocycles. The third-order valence-electron chi connectivity index (χ3n) is 5.22. The molecule has 4 aromatic rings. The summed E-state index contributed by atoms with van der Waals surface area (Å²) in [5.41, 5.74) is 2.58. The maximum Gasteiger partial charge on any atom is 0.254 e. The summed E-state index contributed by atoms with van der Waals surface area (Å²) in [5, 5.41) is 3.67. The molecule has 3 aromatic heterocycles. The SMILES string of the molecule is CC[C@H](NC(=O)c1cncc2c1ccn2-c1ccc(F)cc1)c1ccc(S(C)(=O)=O)nc1. The molecule has 1 atom stereocenters. The van der Waals surface area contributed by atoms with Gasteiger partial charge < -0.3 is 9.88 Å². The molecule has 0 radical (unpaired) electrons. The van der Waals surface area contributed by atoms with Crippen LogP contribution in [0.25, 0.3) is 16.6 Å². The fourth-order valence-corrected chi connectivity index (χ4v) is 4.10. The van der Waals surface area contributed by atoms with Crippen LogP contribution in [0.15, 0.2) is 72.3 Å². The molecule has 0 aliphatic heterocycles. The van der Waals surface area contributed by atoms with Crippen LogP contribution in [0.3, 0.4) is 0 Å². The molecule has 0 fully saturated rings. The number of carbonyl (C=O) groups is 1. The maximum absolute atomic E-state index is 13.3. The van der Waals surface area contributed by atoms with Crippen molar-refractivity contribution in [2.24, 2.45) is 0 Å². The number of nitrogens with zero attached hydrogens (tertiary/aromatic N) is 3. The number of hydrogen-bond acceptors (Lipinski definition) is 5. The van der Waals surface area contributed by atoms with E-state index in [0.29, 0.717) is 22.9 Å². The van der Waals surface area contributed by atoms with Crippen molar-refractivity contribution >= 4 is 26.6 Å². The molecular formula is C23H21FN4O3S. The van der Waals surface area contributed by atoms with Crippen LogP contribution in [0.2, 0.25) is 0 Å². The average molecular weight is 453 g/mol. The summed E-state index contributed by atoms with van der Waals surface area (Å²) in [5.74, 6) is -0.632. The molecule has 0 aliphatic carbocycles. The predicted octanol–water partition coefficient (Wildman–Crippen LogP) is 3.84. The van der Waals surface area contributed by atoms with E-state index in [1.165, 1.54) is 30.6 Å². The van der Waals surface area contributed by atoms with Gasteiger partial charge in [-0.1, -0.05) is 13.0 Å². The largest absolute Gasteiger partial charge is 0.345 e. The highest BCUT2D eigenvalue weighted by molar-refractivity contribution is 7.90. The molecular weight excluding hydrogens is 431 g/mol. The lowest BCUT2D eigenvalue weighted by Gasteiger charge is -2.17. The van der Waals surface area contributed by atoms with Gasteiger partial charge in [-0.15, -0.1) is 0 Å². The van der Waals surface area contributed by atoms with E-state index in [1.54, 1.807) is 24.4 Å². The summed E-state index contributed by atoms with van der Waals surface area (Å²) in [6.45, 7) is 1.92. The van der Waals surface area contributed by atoms with E-state index >= 15 is 0 Å². The van der Waals surface area contributed by atoms with Gasteiger partial charge in [0.15, 0.2) is 14.9 Å². The first kappa shape index (κ1) is 21.6. The van der Waals surface area contributed by atoms with Crippen molar-refractivity contribution in [3.05, 3.63) is 84.2 Å². The summed E-state index contributed by atoms with van der Waals surface area (Å²) in [4.78, 5) is 21.3. The monoisotopic (exact) mass is 452 g/mol. The van der Waals surface area contributed by atoms with E-state index in [1.807, 2.05) is 23.8 Å². The highest BCUT2D eigenvalue weighted by Crippen LogP contribution is 2.24. The van der Waals surface area contributed by atoms with Gasteiger partial charge in [-0.3, -0.25) is 9.78 Å². The molecule has 1 amide bonds. The van der Waals surface area contributed by atoms with Gasteiger partial charge in [-0.25, -0.2) is 17.8 Å². The number of sulfone groups is 1. The third-order valence-corrected chi connectivity index (χ3v) is 6.22. The Balaban J connectivity index is 1.62. The minimum Gasteiger partial charge on any atom is -0.345 e. The Morgan fingerprint density at radius 3 is 2.47 bits per heavy atom. The number of halogens is 1. The maximum atomic E-state index is 13.3. The zero-order chi connectivity index (χ0) is 22.9. The highest BCUT2D eigenvalue weighted by Gasteiger charge is 2.19. The highest BCUT2D eigenvalue weighted by atomic mass is 32.2. The Hall–Kier alpha value is -3.59. The Kier molecular flexibility index (Phi) is 5.75. The Morgan fingerprint density at radius 1 is 1.09 bits per heavy atom. The molecule has 4 rings (SSSR count). The van der Waals surface area contributed by atoms with Gasteiger partial charge in [0.2, 0.25) is 0 Å². The van der Waals surface area contributed by atoms with Crippen molar-refractivity contribution in [3.8, 4) is 5.69 Å². The summed E-state index contributed by atoms with van der Waals surface area (Å²) in [6.07, 6.45) is 8.12. The topological polar surface area (TPSA) is 94.0 Å². The molecule has 7 nitrogen and oxygen atoms in total.